The molecule has 0 spiro atoms. The van der Waals surface area contributed by atoms with Gasteiger partial charge in [0.15, 0.2) is 33.6 Å². The minimum Gasteiger partial charge on any atom is -0.399 e. The van der Waals surface area contributed by atoms with Gasteiger partial charge in [-0.3, -0.25) is 0 Å². The lowest BCUT2D eigenvalue weighted by Crippen LogP contribution is -2.37. The summed E-state index contributed by atoms with van der Waals surface area (Å²) in [5, 5.41) is 11.7. The van der Waals surface area contributed by atoms with E-state index in [0.717, 1.165) is 35.3 Å². The van der Waals surface area contributed by atoms with E-state index in [2.05, 4.69) is 41.1 Å². The van der Waals surface area contributed by atoms with Crippen LogP contribution in [0.1, 0.15) is 11.1 Å². The Morgan fingerprint density at radius 1 is 0.613 bits per heavy atom. The molecule has 0 aliphatic carbocycles. The molecule has 0 saturated carbocycles. The van der Waals surface area contributed by atoms with Crippen molar-refractivity contribution in [3.63, 3.8) is 0 Å². The third kappa shape index (κ3) is 11.9. The maximum Gasteiger partial charge on any atom is 0.174 e. The van der Waals surface area contributed by atoms with Crippen molar-refractivity contribution < 1.29 is 32.5 Å². The number of halogens is 6. The van der Waals surface area contributed by atoms with Crippen LogP contribution in [-0.2, 0) is 14.2 Å². The molecular weight excluding hydrogens is 914 g/mol. The molecule has 5 aromatic rings. The molecule has 0 unspecified atom stereocenters. The van der Waals surface area contributed by atoms with E-state index in [1.807, 2.05) is 35.8 Å². The SMILES string of the molecule is Cc1ccc(N)cc1-c1cc(N2CCOCC2)nc(Cl)c1F.Cc1ccc(N)cc1-c1cc(N2CCOCC2)nc(NCCO)c1F.Fc1c(Br)cc(N2CCOCC2)nc1Cl. The van der Waals surface area contributed by atoms with Crippen molar-refractivity contribution in [2.45, 2.75) is 13.8 Å². The van der Waals surface area contributed by atoms with Crippen LogP contribution >= 0.6 is 39.1 Å². The van der Waals surface area contributed by atoms with Gasteiger partial charge in [-0.25, -0.2) is 28.1 Å². The van der Waals surface area contributed by atoms with Gasteiger partial charge in [-0.2, -0.15) is 0 Å². The number of morpholine rings is 3. The minimum absolute atomic E-state index is 0.102. The summed E-state index contributed by atoms with van der Waals surface area (Å²) in [6.45, 7) is 12.1. The van der Waals surface area contributed by atoms with Crippen molar-refractivity contribution in [1.82, 2.24) is 15.0 Å². The molecule has 3 fully saturated rings. The predicted molar refractivity (Wildman–Crippen MR) is 244 cm³/mol. The standard InChI is InChI=1S/C18H23FN4O2.C16H17ClFN3O.C9H9BrClFN2O/c1-12-2-3-13(20)10-14(12)15-11-16(23-5-8-25-9-6-23)22-18(17(15)19)21-4-7-24;1-10-2-3-11(19)8-12(10)13-9-14(20-16(17)15(13)18)21-4-6-22-7-5-21;10-6-5-7(13-9(11)8(6)12)14-1-3-15-4-2-14/h2-3,10-11,24H,4-9,20H2,1H3,(H,21,22);2-3,8-9H,4-7,19H2,1H3;5H,1-4H2. The summed E-state index contributed by atoms with van der Waals surface area (Å²) in [6.07, 6.45) is 0. The summed E-state index contributed by atoms with van der Waals surface area (Å²) in [5.74, 6) is 0.667. The van der Waals surface area contributed by atoms with E-state index in [1.165, 1.54) is 0 Å². The van der Waals surface area contributed by atoms with Gasteiger partial charge in [0, 0.05) is 68.3 Å². The summed E-state index contributed by atoms with van der Waals surface area (Å²) < 4.78 is 59.0. The molecule has 13 nitrogen and oxygen atoms in total. The summed E-state index contributed by atoms with van der Waals surface area (Å²) in [5.41, 5.74) is 17.1. The van der Waals surface area contributed by atoms with E-state index in [4.69, 9.17) is 54.0 Å². The van der Waals surface area contributed by atoms with Crippen LogP contribution < -0.4 is 31.5 Å². The Hall–Kier alpha value is -4.62. The van der Waals surface area contributed by atoms with Crippen molar-refractivity contribution >= 4 is 73.8 Å². The molecule has 8 rings (SSSR count). The average Bonchev–Trinajstić information content (AvgIpc) is 3.29. The highest BCUT2D eigenvalue weighted by Crippen LogP contribution is 2.35. The molecule has 0 atom stereocenters. The van der Waals surface area contributed by atoms with Crippen LogP contribution in [0.4, 0.5) is 47.8 Å². The Kier molecular flexibility index (Phi) is 16.7. The lowest BCUT2D eigenvalue weighted by molar-refractivity contribution is 0.122. The third-order valence-electron chi connectivity index (χ3n) is 10.2. The number of anilines is 6. The molecule has 62 heavy (non-hydrogen) atoms. The predicted octanol–water partition coefficient (Wildman–Crippen LogP) is 7.76. The minimum atomic E-state index is -0.521. The second-order valence-corrected chi connectivity index (χ2v) is 16.1. The van der Waals surface area contributed by atoms with Gasteiger partial charge >= 0.3 is 0 Å². The summed E-state index contributed by atoms with van der Waals surface area (Å²) in [7, 11) is 0. The zero-order chi connectivity index (χ0) is 44.3. The van der Waals surface area contributed by atoms with Gasteiger partial charge in [0.2, 0.25) is 0 Å². The highest BCUT2D eigenvalue weighted by atomic mass is 79.9. The molecule has 0 bridgehead atoms. The van der Waals surface area contributed by atoms with E-state index < -0.39 is 17.5 Å². The first-order valence-electron chi connectivity index (χ1n) is 20.0. The number of benzene rings is 2. The van der Waals surface area contributed by atoms with Crippen LogP contribution in [-0.4, -0.2) is 112 Å². The highest BCUT2D eigenvalue weighted by Gasteiger charge is 2.22. The number of aromatic nitrogens is 3. The van der Waals surface area contributed by atoms with Gasteiger partial charge in [0.05, 0.1) is 50.7 Å². The van der Waals surface area contributed by atoms with Crippen molar-refractivity contribution in [2.75, 3.05) is 124 Å². The van der Waals surface area contributed by atoms with E-state index in [1.54, 1.807) is 42.5 Å². The Labute approximate surface area is 377 Å². The fourth-order valence-electron chi connectivity index (χ4n) is 6.86. The van der Waals surface area contributed by atoms with E-state index in [-0.39, 0.29) is 29.3 Å². The normalized spacial score (nSPS) is 15.3. The molecule has 6 N–H and O–H groups in total. The average molecular weight is 964 g/mol. The molecule has 19 heteroatoms. The molecule has 0 radical (unpaired) electrons. The molecule has 3 aliphatic heterocycles. The number of hydrogen-bond donors (Lipinski definition) is 4. The first kappa shape index (κ1) is 46.9. The summed E-state index contributed by atoms with van der Waals surface area (Å²) in [6, 6.07) is 16.0. The Bertz CT molecular complexity index is 2300. The van der Waals surface area contributed by atoms with Gasteiger partial charge in [0.1, 0.15) is 17.5 Å². The first-order chi connectivity index (χ1) is 29.8. The van der Waals surface area contributed by atoms with Crippen LogP contribution in [0.3, 0.4) is 0 Å². The lowest BCUT2D eigenvalue weighted by Gasteiger charge is -2.29. The molecule has 3 aromatic heterocycles. The lowest BCUT2D eigenvalue weighted by atomic mass is 9.99. The molecule has 3 saturated heterocycles. The van der Waals surface area contributed by atoms with Crippen LogP contribution in [0.15, 0.2) is 59.1 Å². The molecule has 2 aromatic carbocycles. The second-order valence-electron chi connectivity index (χ2n) is 14.5. The summed E-state index contributed by atoms with van der Waals surface area (Å²) >= 11 is 14.8. The van der Waals surface area contributed by atoms with Crippen molar-refractivity contribution in [1.29, 1.82) is 0 Å². The number of hydrogen-bond acceptors (Lipinski definition) is 13. The van der Waals surface area contributed by atoms with Crippen LogP contribution in [0.5, 0.6) is 0 Å². The van der Waals surface area contributed by atoms with Gasteiger partial charge in [-0.15, -0.1) is 0 Å². The summed E-state index contributed by atoms with van der Waals surface area (Å²) in [4.78, 5) is 18.7. The van der Waals surface area contributed by atoms with Crippen molar-refractivity contribution in [3.8, 4) is 22.3 Å². The fourth-order valence-corrected chi connectivity index (χ4v) is 7.75. The first-order valence-corrected chi connectivity index (χ1v) is 21.5. The number of nitrogens with two attached hydrogens (primary N) is 2. The number of nitrogens with zero attached hydrogens (tertiary/aromatic N) is 6. The molecule has 3 aliphatic rings. The zero-order valence-electron chi connectivity index (χ0n) is 34.4. The number of nitrogens with one attached hydrogen (secondary N) is 1. The number of ether oxygens (including phenoxy) is 3. The number of pyridine rings is 3. The Balaban J connectivity index is 0.000000160. The van der Waals surface area contributed by atoms with Crippen LogP contribution in [0, 0.1) is 31.3 Å². The van der Waals surface area contributed by atoms with E-state index in [9.17, 15) is 8.78 Å². The Morgan fingerprint density at radius 3 is 1.45 bits per heavy atom. The maximum atomic E-state index is 15.0. The monoisotopic (exact) mass is 961 g/mol. The fraction of sp³-hybridized carbons (Fsp3) is 0.372. The number of aliphatic hydroxyl groups is 1. The molecular formula is C43H49BrCl2F3N9O4. The maximum absolute atomic E-state index is 15.0. The van der Waals surface area contributed by atoms with Gasteiger partial charge in [0.25, 0.3) is 0 Å². The van der Waals surface area contributed by atoms with Gasteiger partial charge in [-0.1, -0.05) is 35.3 Å². The molecule has 0 amide bonds. The van der Waals surface area contributed by atoms with Gasteiger partial charge in [-0.05, 0) is 94.5 Å². The smallest absolute Gasteiger partial charge is 0.174 e. The highest BCUT2D eigenvalue weighted by molar-refractivity contribution is 9.10. The van der Waals surface area contributed by atoms with Crippen LogP contribution in [0.25, 0.3) is 22.3 Å². The zero-order valence-corrected chi connectivity index (χ0v) is 37.5. The van der Waals surface area contributed by atoms with Gasteiger partial charge < -0.3 is 50.8 Å². The number of aliphatic hydroxyl groups excluding tert-OH is 1. The van der Waals surface area contributed by atoms with Crippen molar-refractivity contribution in [3.05, 3.63) is 98.0 Å². The number of aryl methyl sites for hydroxylation is 2. The number of rotatable bonds is 8. The second kappa shape index (κ2) is 22.1. The Morgan fingerprint density at radius 2 is 1.02 bits per heavy atom. The van der Waals surface area contributed by atoms with E-state index >= 15 is 4.39 Å². The largest absolute Gasteiger partial charge is 0.399 e. The van der Waals surface area contributed by atoms with Crippen LogP contribution in [0.2, 0.25) is 10.3 Å². The molecule has 332 valence electrons. The van der Waals surface area contributed by atoms with Crippen molar-refractivity contribution in [2.24, 2.45) is 0 Å². The molecule has 6 heterocycles. The number of nitrogen functional groups attached to an aromatic ring is 2. The topological polar surface area (TPSA) is 160 Å². The third-order valence-corrected chi connectivity index (χ3v) is 11.3. The van der Waals surface area contributed by atoms with E-state index in [0.29, 0.717) is 110 Å². The quantitative estimate of drug-likeness (QED) is 0.0884.